The first kappa shape index (κ1) is 14.7. The molecule has 3 aromatic carbocycles. The third-order valence-electron chi connectivity index (χ3n) is 4.10. The number of benzene rings is 3. The van der Waals surface area contributed by atoms with Crippen LogP contribution < -0.4 is 5.56 Å². The van der Waals surface area contributed by atoms with Gasteiger partial charge >= 0.3 is 0 Å². The predicted octanol–water partition coefficient (Wildman–Crippen LogP) is 5.31. The van der Waals surface area contributed by atoms with Crippen molar-refractivity contribution in [3.05, 3.63) is 100 Å². The Bertz CT molecular complexity index is 1080. The van der Waals surface area contributed by atoms with Crippen molar-refractivity contribution in [3.63, 3.8) is 0 Å². The highest BCUT2D eigenvalue weighted by molar-refractivity contribution is 6.32. The van der Waals surface area contributed by atoms with Crippen molar-refractivity contribution < 1.29 is 0 Å². The van der Waals surface area contributed by atoms with Crippen LogP contribution in [0.25, 0.3) is 27.7 Å². The van der Waals surface area contributed by atoms with E-state index in [1.54, 1.807) is 16.7 Å². The van der Waals surface area contributed by atoms with Crippen LogP contribution in [0.4, 0.5) is 0 Å². The van der Waals surface area contributed by atoms with E-state index < -0.39 is 0 Å². The molecule has 4 rings (SSSR count). The van der Waals surface area contributed by atoms with Gasteiger partial charge in [0.15, 0.2) is 0 Å². The summed E-state index contributed by atoms with van der Waals surface area (Å²) in [7, 11) is 0. The number of aromatic nitrogens is 1. The largest absolute Gasteiger partial charge is 0.275 e. The third kappa shape index (κ3) is 2.41. The fourth-order valence-corrected chi connectivity index (χ4v) is 3.24. The van der Waals surface area contributed by atoms with Crippen molar-refractivity contribution in [1.82, 2.24) is 4.57 Å². The molecule has 0 spiro atoms. The van der Waals surface area contributed by atoms with Crippen LogP contribution >= 0.6 is 11.6 Å². The number of para-hydroxylation sites is 2. The lowest BCUT2D eigenvalue weighted by atomic mass is 10.0. The van der Waals surface area contributed by atoms with E-state index in [-0.39, 0.29) is 5.56 Å². The molecule has 0 saturated carbocycles. The van der Waals surface area contributed by atoms with Crippen molar-refractivity contribution in [1.29, 1.82) is 0 Å². The normalized spacial score (nSPS) is 10.9. The van der Waals surface area contributed by atoms with Crippen LogP contribution in [0.2, 0.25) is 5.02 Å². The fraction of sp³-hybridized carbons (Fsp3) is 0. The van der Waals surface area contributed by atoms with Crippen LogP contribution in [-0.2, 0) is 0 Å². The number of pyridine rings is 1. The summed E-state index contributed by atoms with van der Waals surface area (Å²) in [4.78, 5) is 12.9. The van der Waals surface area contributed by atoms with E-state index in [2.05, 4.69) is 0 Å². The van der Waals surface area contributed by atoms with E-state index in [0.29, 0.717) is 10.7 Å². The summed E-state index contributed by atoms with van der Waals surface area (Å²) in [5.41, 5.74) is 3.40. The van der Waals surface area contributed by atoms with Gasteiger partial charge in [-0.1, -0.05) is 72.3 Å². The predicted molar refractivity (Wildman–Crippen MR) is 100.0 cm³/mol. The van der Waals surface area contributed by atoms with E-state index >= 15 is 0 Å². The van der Waals surface area contributed by atoms with Gasteiger partial charge in [0.25, 0.3) is 5.56 Å². The molecule has 0 unspecified atom stereocenters. The average Bonchev–Trinajstić information content (AvgIpc) is 2.63. The average molecular weight is 332 g/mol. The Morgan fingerprint density at radius 2 is 1.42 bits per heavy atom. The summed E-state index contributed by atoms with van der Waals surface area (Å²) in [6.45, 7) is 0. The number of fused-ring (bicyclic) bond motifs is 1. The Kier molecular flexibility index (Phi) is 3.68. The molecule has 0 N–H and O–H groups in total. The van der Waals surface area contributed by atoms with Gasteiger partial charge in [-0.15, -0.1) is 0 Å². The van der Waals surface area contributed by atoms with E-state index in [1.807, 2.05) is 72.8 Å². The molecule has 0 aliphatic heterocycles. The molecule has 0 fully saturated rings. The molecule has 0 amide bonds. The summed E-state index contributed by atoms with van der Waals surface area (Å²) in [5, 5.41) is 1.57. The second-order valence-corrected chi connectivity index (χ2v) is 5.97. The standard InChI is InChI=1S/C21H14ClNO/c22-18-11-5-7-13-20(18)23-19-12-6-4-10-16(19)17(14-21(23)24)15-8-2-1-3-9-15/h1-14H. The zero-order valence-electron chi connectivity index (χ0n) is 12.8. The summed E-state index contributed by atoms with van der Waals surface area (Å²) in [6, 6.07) is 26.9. The first-order valence-corrected chi connectivity index (χ1v) is 8.08. The van der Waals surface area contributed by atoms with Crippen molar-refractivity contribution in [3.8, 4) is 16.8 Å². The number of hydrogen-bond donors (Lipinski definition) is 0. The van der Waals surface area contributed by atoms with Crippen molar-refractivity contribution in [2.24, 2.45) is 0 Å². The summed E-state index contributed by atoms with van der Waals surface area (Å²) in [6.07, 6.45) is 0. The Labute approximate surface area is 144 Å². The minimum Gasteiger partial charge on any atom is -0.275 e. The Morgan fingerprint density at radius 3 is 2.21 bits per heavy atom. The minimum atomic E-state index is -0.0966. The van der Waals surface area contributed by atoms with Gasteiger partial charge in [-0.3, -0.25) is 9.36 Å². The first-order valence-electron chi connectivity index (χ1n) is 7.71. The zero-order valence-corrected chi connectivity index (χ0v) is 13.6. The minimum absolute atomic E-state index is 0.0966. The lowest BCUT2D eigenvalue weighted by molar-refractivity contribution is 1.04. The zero-order chi connectivity index (χ0) is 16.5. The maximum absolute atomic E-state index is 12.9. The van der Waals surface area contributed by atoms with Crippen molar-refractivity contribution >= 4 is 22.5 Å². The summed E-state index contributed by atoms with van der Waals surface area (Å²) < 4.78 is 1.67. The van der Waals surface area contributed by atoms with Crippen LogP contribution in [0.1, 0.15) is 0 Å². The van der Waals surface area contributed by atoms with Gasteiger partial charge in [0.05, 0.1) is 16.2 Å². The van der Waals surface area contributed by atoms with E-state index in [1.165, 1.54) is 0 Å². The smallest absolute Gasteiger partial charge is 0.256 e. The molecule has 0 atom stereocenters. The molecule has 1 aromatic heterocycles. The topological polar surface area (TPSA) is 22.0 Å². The molecule has 2 nitrogen and oxygen atoms in total. The van der Waals surface area contributed by atoms with Crippen LogP contribution in [0.3, 0.4) is 0 Å². The van der Waals surface area contributed by atoms with Gasteiger partial charge in [-0.25, -0.2) is 0 Å². The van der Waals surface area contributed by atoms with Gasteiger partial charge in [0.2, 0.25) is 0 Å². The van der Waals surface area contributed by atoms with Crippen LogP contribution in [-0.4, -0.2) is 4.57 Å². The monoisotopic (exact) mass is 331 g/mol. The van der Waals surface area contributed by atoms with E-state index in [0.717, 1.165) is 22.0 Å². The maximum Gasteiger partial charge on any atom is 0.256 e. The van der Waals surface area contributed by atoms with Gasteiger partial charge in [-0.2, -0.15) is 0 Å². The highest BCUT2D eigenvalue weighted by atomic mass is 35.5. The fourth-order valence-electron chi connectivity index (χ4n) is 3.02. The molecule has 0 aliphatic carbocycles. The van der Waals surface area contributed by atoms with Crippen LogP contribution in [0.5, 0.6) is 0 Å². The third-order valence-corrected chi connectivity index (χ3v) is 4.42. The van der Waals surface area contributed by atoms with Gasteiger partial charge in [-0.05, 0) is 29.3 Å². The van der Waals surface area contributed by atoms with Gasteiger partial charge in [0.1, 0.15) is 0 Å². The Hall–Kier alpha value is -2.84. The first-order chi connectivity index (χ1) is 11.8. The molecule has 4 aromatic rings. The van der Waals surface area contributed by atoms with Crippen molar-refractivity contribution in [2.75, 3.05) is 0 Å². The molecule has 1 heterocycles. The number of hydrogen-bond acceptors (Lipinski definition) is 1. The van der Waals surface area contributed by atoms with Crippen LogP contribution in [0.15, 0.2) is 89.7 Å². The second-order valence-electron chi connectivity index (χ2n) is 5.57. The highest BCUT2D eigenvalue weighted by Gasteiger charge is 2.12. The quantitative estimate of drug-likeness (QED) is 0.488. The summed E-state index contributed by atoms with van der Waals surface area (Å²) in [5.74, 6) is 0. The molecular weight excluding hydrogens is 318 g/mol. The van der Waals surface area contributed by atoms with Crippen LogP contribution in [0, 0.1) is 0 Å². The number of nitrogens with zero attached hydrogens (tertiary/aromatic N) is 1. The molecule has 3 heteroatoms. The van der Waals surface area contributed by atoms with Crippen molar-refractivity contribution in [2.45, 2.75) is 0 Å². The molecule has 116 valence electrons. The SMILES string of the molecule is O=c1cc(-c2ccccc2)c2ccccc2n1-c1ccccc1Cl. The lowest BCUT2D eigenvalue weighted by Gasteiger charge is -2.14. The summed E-state index contributed by atoms with van der Waals surface area (Å²) >= 11 is 6.33. The highest BCUT2D eigenvalue weighted by Crippen LogP contribution is 2.29. The maximum atomic E-state index is 12.9. The molecule has 24 heavy (non-hydrogen) atoms. The van der Waals surface area contributed by atoms with E-state index in [4.69, 9.17) is 11.6 Å². The second kappa shape index (κ2) is 5.99. The van der Waals surface area contributed by atoms with Gasteiger partial charge in [0, 0.05) is 11.5 Å². The molecule has 0 bridgehead atoms. The van der Waals surface area contributed by atoms with Gasteiger partial charge < -0.3 is 0 Å². The molecule has 0 aliphatic rings. The van der Waals surface area contributed by atoms with E-state index in [9.17, 15) is 4.79 Å². The molecular formula is C21H14ClNO. The molecule has 0 saturated heterocycles. The Balaban J connectivity index is 2.11. The Morgan fingerprint density at radius 1 is 0.750 bits per heavy atom. The molecule has 0 radical (unpaired) electrons. The lowest BCUT2D eigenvalue weighted by Crippen LogP contribution is -2.18. The number of rotatable bonds is 2. The number of halogens is 1.